The smallest absolute Gasteiger partial charge is 0.0672 e. The maximum Gasteiger partial charge on any atom is 0.0672 e. The molecule has 1 aliphatic carbocycles. The van der Waals surface area contributed by atoms with Gasteiger partial charge >= 0.3 is 0 Å². The average molecular weight is 196 g/mol. The summed E-state index contributed by atoms with van der Waals surface area (Å²) in [5.41, 5.74) is 0. The lowest BCUT2D eigenvalue weighted by Gasteiger charge is -2.36. The summed E-state index contributed by atoms with van der Waals surface area (Å²) in [6.45, 7) is 3.93. The number of likely N-dealkylation sites (N-methyl/N-ethyl adjacent to an activating group) is 1. The maximum atomic E-state index is 9.03. The van der Waals surface area contributed by atoms with Crippen molar-refractivity contribution in [1.29, 1.82) is 5.26 Å². The van der Waals surface area contributed by atoms with Crippen LogP contribution in [0.4, 0.5) is 0 Å². The van der Waals surface area contributed by atoms with Crippen LogP contribution in [0.15, 0.2) is 0 Å². The zero-order valence-electron chi connectivity index (χ0n) is 8.95. The fourth-order valence-corrected chi connectivity index (χ4v) is 2.39. The third-order valence-corrected chi connectivity index (χ3v) is 3.16. The van der Waals surface area contributed by atoms with E-state index < -0.39 is 0 Å². The van der Waals surface area contributed by atoms with Crippen molar-refractivity contribution in [2.24, 2.45) is 5.92 Å². The van der Waals surface area contributed by atoms with E-state index in [0.717, 1.165) is 19.4 Å². The Kier molecular flexibility index (Phi) is 4.92. The summed E-state index contributed by atoms with van der Waals surface area (Å²) in [5.74, 6) is 0.176. The molecule has 0 amide bonds. The molecule has 1 N–H and O–H groups in total. The van der Waals surface area contributed by atoms with Gasteiger partial charge in [0.05, 0.1) is 18.6 Å². The number of rotatable bonds is 4. The van der Waals surface area contributed by atoms with Gasteiger partial charge in [-0.1, -0.05) is 19.8 Å². The lowest BCUT2D eigenvalue weighted by molar-refractivity contribution is 0.108. The van der Waals surface area contributed by atoms with E-state index in [2.05, 4.69) is 17.9 Å². The molecule has 0 aromatic heterocycles. The van der Waals surface area contributed by atoms with Crippen molar-refractivity contribution >= 4 is 0 Å². The molecule has 0 radical (unpaired) electrons. The molecule has 80 valence electrons. The van der Waals surface area contributed by atoms with Gasteiger partial charge in [-0.3, -0.25) is 4.90 Å². The van der Waals surface area contributed by atoms with Gasteiger partial charge in [0.15, 0.2) is 0 Å². The van der Waals surface area contributed by atoms with E-state index in [4.69, 9.17) is 10.4 Å². The minimum atomic E-state index is 0.176. The topological polar surface area (TPSA) is 47.3 Å². The Morgan fingerprint density at radius 3 is 2.71 bits per heavy atom. The molecule has 0 heterocycles. The first-order valence-corrected chi connectivity index (χ1v) is 5.58. The quantitative estimate of drug-likeness (QED) is 0.739. The highest BCUT2D eigenvalue weighted by Gasteiger charge is 2.28. The second-order valence-electron chi connectivity index (χ2n) is 3.94. The van der Waals surface area contributed by atoms with Crippen LogP contribution in [-0.4, -0.2) is 35.7 Å². The SMILES string of the molecule is CCN(CCO)C1CCCCC1C#N. The predicted molar refractivity (Wildman–Crippen MR) is 55.7 cm³/mol. The standard InChI is InChI=1S/C11H20N2O/c1-2-13(7-8-14)11-6-4-3-5-10(11)9-12/h10-11,14H,2-8H2,1H3. The summed E-state index contributed by atoms with van der Waals surface area (Å²) < 4.78 is 0. The molecule has 1 saturated carbocycles. The van der Waals surface area contributed by atoms with Crippen LogP contribution in [0.25, 0.3) is 0 Å². The Hall–Kier alpha value is -0.590. The zero-order chi connectivity index (χ0) is 10.4. The molecular weight excluding hydrogens is 176 g/mol. The van der Waals surface area contributed by atoms with Crippen LogP contribution < -0.4 is 0 Å². The fraction of sp³-hybridized carbons (Fsp3) is 0.909. The minimum Gasteiger partial charge on any atom is -0.395 e. The Morgan fingerprint density at radius 1 is 1.43 bits per heavy atom. The van der Waals surface area contributed by atoms with Crippen molar-refractivity contribution in [2.45, 2.75) is 38.6 Å². The molecule has 0 aromatic carbocycles. The number of aliphatic hydroxyl groups is 1. The molecule has 1 rings (SSSR count). The minimum absolute atomic E-state index is 0.176. The molecule has 0 aromatic rings. The normalized spacial score (nSPS) is 27.6. The third kappa shape index (κ3) is 2.70. The molecule has 3 nitrogen and oxygen atoms in total. The molecule has 3 heteroatoms. The molecular formula is C11H20N2O. The summed E-state index contributed by atoms with van der Waals surface area (Å²) >= 11 is 0. The second kappa shape index (κ2) is 6.00. The fourth-order valence-electron chi connectivity index (χ4n) is 2.39. The summed E-state index contributed by atoms with van der Waals surface area (Å²) in [4.78, 5) is 2.24. The molecule has 2 atom stereocenters. The Bertz CT molecular complexity index is 200. The van der Waals surface area contributed by atoms with Gasteiger partial charge in [0.2, 0.25) is 0 Å². The largest absolute Gasteiger partial charge is 0.395 e. The second-order valence-corrected chi connectivity index (χ2v) is 3.94. The first kappa shape index (κ1) is 11.5. The Balaban J connectivity index is 2.56. The molecule has 2 unspecified atom stereocenters. The van der Waals surface area contributed by atoms with E-state index in [1.54, 1.807) is 0 Å². The van der Waals surface area contributed by atoms with Gasteiger partial charge in [-0.25, -0.2) is 0 Å². The highest BCUT2D eigenvalue weighted by atomic mass is 16.3. The van der Waals surface area contributed by atoms with E-state index in [1.807, 2.05) is 0 Å². The summed E-state index contributed by atoms with van der Waals surface area (Å²) in [6, 6.07) is 2.78. The first-order chi connectivity index (χ1) is 6.83. The van der Waals surface area contributed by atoms with Crippen molar-refractivity contribution in [1.82, 2.24) is 4.90 Å². The van der Waals surface area contributed by atoms with Crippen LogP contribution in [0.1, 0.15) is 32.6 Å². The van der Waals surface area contributed by atoms with Gasteiger partial charge in [-0.05, 0) is 19.4 Å². The van der Waals surface area contributed by atoms with Crippen LogP contribution in [-0.2, 0) is 0 Å². The molecule has 14 heavy (non-hydrogen) atoms. The van der Waals surface area contributed by atoms with Crippen LogP contribution in [0, 0.1) is 17.2 Å². The van der Waals surface area contributed by atoms with Crippen LogP contribution in [0.3, 0.4) is 0 Å². The molecule has 0 bridgehead atoms. The van der Waals surface area contributed by atoms with Gasteiger partial charge in [-0.15, -0.1) is 0 Å². The van der Waals surface area contributed by atoms with E-state index >= 15 is 0 Å². The van der Waals surface area contributed by atoms with Gasteiger partial charge in [0, 0.05) is 12.6 Å². The van der Waals surface area contributed by atoms with Crippen molar-refractivity contribution in [3.8, 4) is 6.07 Å². The Morgan fingerprint density at radius 2 is 2.14 bits per heavy atom. The number of nitriles is 1. The van der Waals surface area contributed by atoms with Crippen LogP contribution in [0.5, 0.6) is 0 Å². The zero-order valence-corrected chi connectivity index (χ0v) is 8.95. The number of hydrogen-bond acceptors (Lipinski definition) is 3. The molecule has 0 saturated heterocycles. The predicted octanol–water partition coefficient (Wildman–Crippen LogP) is 1.38. The maximum absolute atomic E-state index is 9.03. The molecule has 0 spiro atoms. The van der Waals surface area contributed by atoms with Crippen LogP contribution in [0.2, 0.25) is 0 Å². The van der Waals surface area contributed by atoms with Crippen LogP contribution >= 0.6 is 0 Å². The highest BCUT2D eigenvalue weighted by Crippen LogP contribution is 2.27. The lowest BCUT2D eigenvalue weighted by atomic mass is 9.84. The van der Waals surface area contributed by atoms with Gasteiger partial charge in [0.25, 0.3) is 0 Å². The third-order valence-electron chi connectivity index (χ3n) is 3.16. The summed E-state index contributed by atoms with van der Waals surface area (Å²) in [5, 5.41) is 18.0. The first-order valence-electron chi connectivity index (χ1n) is 5.58. The van der Waals surface area contributed by atoms with E-state index in [0.29, 0.717) is 12.6 Å². The van der Waals surface area contributed by atoms with E-state index in [1.165, 1.54) is 12.8 Å². The van der Waals surface area contributed by atoms with Crippen molar-refractivity contribution in [2.75, 3.05) is 19.7 Å². The molecule has 1 aliphatic rings. The highest BCUT2D eigenvalue weighted by molar-refractivity contribution is 4.95. The van der Waals surface area contributed by atoms with Gasteiger partial charge in [0.1, 0.15) is 0 Å². The van der Waals surface area contributed by atoms with E-state index in [-0.39, 0.29) is 12.5 Å². The van der Waals surface area contributed by atoms with Gasteiger partial charge < -0.3 is 5.11 Å². The number of aliphatic hydroxyl groups excluding tert-OH is 1. The summed E-state index contributed by atoms with van der Waals surface area (Å²) in [6.07, 6.45) is 4.56. The van der Waals surface area contributed by atoms with Crippen molar-refractivity contribution in [3.63, 3.8) is 0 Å². The molecule has 1 fully saturated rings. The van der Waals surface area contributed by atoms with Gasteiger partial charge in [-0.2, -0.15) is 5.26 Å². The summed E-state index contributed by atoms with van der Waals surface area (Å²) in [7, 11) is 0. The van der Waals surface area contributed by atoms with E-state index in [9.17, 15) is 0 Å². The Labute approximate surface area is 86.3 Å². The number of nitrogens with zero attached hydrogens (tertiary/aromatic N) is 2. The number of hydrogen-bond donors (Lipinski definition) is 1. The van der Waals surface area contributed by atoms with Crippen molar-refractivity contribution in [3.05, 3.63) is 0 Å². The molecule has 0 aliphatic heterocycles. The van der Waals surface area contributed by atoms with Crippen molar-refractivity contribution < 1.29 is 5.11 Å². The average Bonchev–Trinajstić information content (AvgIpc) is 2.26. The lowest BCUT2D eigenvalue weighted by Crippen LogP contribution is -2.43. The monoisotopic (exact) mass is 196 g/mol.